The molecule has 0 aliphatic carbocycles. The fraction of sp³-hybridized carbons (Fsp3) is 0.125. The highest BCUT2D eigenvalue weighted by Gasteiger charge is 2.23. The van der Waals surface area contributed by atoms with Gasteiger partial charge < -0.3 is 9.84 Å². The molecule has 0 atom stereocenters. The molecule has 2 aromatic rings. The Hall–Kier alpha value is -2.89. The van der Waals surface area contributed by atoms with Gasteiger partial charge in [0, 0.05) is 6.42 Å². The number of rotatable bonds is 6. The minimum Gasteiger partial charge on any atom is -0.478 e. The SMILES string of the molecule is N#CCCc1cc(C(=O)O)cc(S(N)(=O)=O)c1Oc1ccccc1. The third-order valence-electron chi connectivity index (χ3n) is 3.15. The van der Waals surface area contributed by atoms with Crippen LogP contribution in [-0.4, -0.2) is 19.5 Å². The molecule has 0 aliphatic heterocycles. The Labute approximate surface area is 139 Å². The third kappa shape index (κ3) is 4.10. The van der Waals surface area contributed by atoms with E-state index in [0.717, 1.165) is 6.07 Å². The van der Waals surface area contributed by atoms with E-state index in [0.29, 0.717) is 5.75 Å². The lowest BCUT2D eigenvalue weighted by atomic mass is 10.1. The Bertz CT molecular complexity index is 902. The number of aryl methyl sites for hydroxylation is 1. The van der Waals surface area contributed by atoms with Crippen LogP contribution in [0.15, 0.2) is 47.4 Å². The van der Waals surface area contributed by atoms with E-state index in [2.05, 4.69) is 0 Å². The summed E-state index contributed by atoms with van der Waals surface area (Å²) >= 11 is 0. The minimum atomic E-state index is -4.23. The van der Waals surface area contributed by atoms with Crippen LogP contribution in [0.2, 0.25) is 0 Å². The Morgan fingerprint density at radius 2 is 1.92 bits per heavy atom. The number of hydrogen-bond donors (Lipinski definition) is 2. The van der Waals surface area contributed by atoms with Crippen molar-refractivity contribution in [3.63, 3.8) is 0 Å². The van der Waals surface area contributed by atoms with Crippen molar-refractivity contribution in [2.24, 2.45) is 5.14 Å². The van der Waals surface area contributed by atoms with Crippen LogP contribution in [0.4, 0.5) is 0 Å². The maximum Gasteiger partial charge on any atom is 0.335 e. The minimum absolute atomic E-state index is 0.0658. The summed E-state index contributed by atoms with van der Waals surface area (Å²) in [5, 5.41) is 23.1. The number of primary sulfonamides is 1. The normalized spacial score (nSPS) is 10.8. The van der Waals surface area contributed by atoms with Crippen LogP contribution in [0.1, 0.15) is 22.3 Å². The molecule has 0 bridgehead atoms. The zero-order valence-corrected chi connectivity index (χ0v) is 13.3. The summed E-state index contributed by atoms with van der Waals surface area (Å²) in [5.74, 6) is -1.00. The van der Waals surface area contributed by atoms with Gasteiger partial charge in [0.25, 0.3) is 0 Å². The molecule has 2 rings (SSSR count). The molecule has 124 valence electrons. The lowest BCUT2D eigenvalue weighted by Crippen LogP contribution is -2.15. The molecule has 0 fully saturated rings. The first-order valence-corrected chi connectivity index (χ1v) is 8.40. The van der Waals surface area contributed by atoms with Crippen molar-refractivity contribution in [1.29, 1.82) is 5.26 Å². The first kappa shape index (κ1) is 17.5. The number of ether oxygens (including phenoxy) is 1. The summed E-state index contributed by atoms with van der Waals surface area (Å²) in [7, 11) is -4.23. The summed E-state index contributed by atoms with van der Waals surface area (Å²) in [6, 6.07) is 12.6. The highest BCUT2D eigenvalue weighted by Crippen LogP contribution is 2.34. The van der Waals surface area contributed by atoms with E-state index in [1.54, 1.807) is 30.3 Å². The van der Waals surface area contributed by atoms with Crippen LogP contribution in [0.3, 0.4) is 0 Å². The monoisotopic (exact) mass is 346 g/mol. The van der Waals surface area contributed by atoms with Crippen molar-refractivity contribution < 1.29 is 23.1 Å². The summed E-state index contributed by atoms with van der Waals surface area (Å²) in [5.41, 5.74) is 0.0386. The maximum absolute atomic E-state index is 11.9. The van der Waals surface area contributed by atoms with Gasteiger partial charge in [0.2, 0.25) is 10.0 Å². The number of nitriles is 1. The van der Waals surface area contributed by atoms with Crippen LogP contribution >= 0.6 is 0 Å². The predicted molar refractivity (Wildman–Crippen MR) is 85.2 cm³/mol. The number of sulfonamides is 1. The highest BCUT2D eigenvalue weighted by molar-refractivity contribution is 7.89. The molecule has 0 unspecified atom stereocenters. The molecule has 0 spiro atoms. The molecule has 0 amide bonds. The zero-order valence-electron chi connectivity index (χ0n) is 12.5. The van der Waals surface area contributed by atoms with E-state index < -0.39 is 20.9 Å². The number of hydrogen-bond acceptors (Lipinski definition) is 5. The van der Waals surface area contributed by atoms with E-state index in [4.69, 9.17) is 20.2 Å². The molecule has 24 heavy (non-hydrogen) atoms. The van der Waals surface area contributed by atoms with Gasteiger partial charge in [0.1, 0.15) is 10.6 Å². The second kappa shape index (κ2) is 7.12. The molecule has 8 heteroatoms. The number of carbonyl (C=O) groups is 1. The molecular formula is C16H14N2O5S. The lowest BCUT2D eigenvalue weighted by Gasteiger charge is -2.15. The van der Waals surface area contributed by atoms with E-state index in [-0.39, 0.29) is 29.7 Å². The maximum atomic E-state index is 11.9. The summed E-state index contributed by atoms with van der Waals surface area (Å²) < 4.78 is 29.4. The van der Waals surface area contributed by atoms with Crippen molar-refractivity contribution in [2.45, 2.75) is 17.7 Å². The fourth-order valence-corrected chi connectivity index (χ4v) is 2.82. The molecule has 0 aromatic heterocycles. The average Bonchev–Trinajstić information content (AvgIpc) is 2.53. The van der Waals surface area contributed by atoms with E-state index in [9.17, 15) is 13.2 Å². The molecule has 2 aromatic carbocycles. The van der Waals surface area contributed by atoms with Gasteiger partial charge in [-0.1, -0.05) is 18.2 Å². The van der Waals surface area contributed by atoms with Crippen molar-refractivity contribution in [3.8, 4) is 17.6 Å². The van der Waals surface area contributed by atoms with Gasteiger partial charge in [-0.05, 0) is 36.2 Å². The Kier molecular flexibility index (Phi) is 5.18. The van der Waals surface area contributed by atoms with Crippen LogP contribution in [0, 0.1) is 11.3 Å². The molecule has 0 radical (unpaired) electrons. The fourth-order valence-electron chi connectivity index (χ4n) is 2.09. The highest BCUT2D eigenvalue weighted by atomic mass is 32.2. The number of carboxylic acid groups (broad SMARTS) is 1. The molecule has 0 saturated heterocycles. The standard InChI is InChI=1S/C16H14N2O5S/c17-8-4-5-11-9-12(16(19)20)10-14(24(18,21)22)15(11)23-13-6-2-1-3-7-13/h1-3,6-7,9-10H,4-5H2,(H,19,20)(H2,18,21,22). The smallest absolute Gasteiger partial charge is 0.335 e. The number of benzene rings is 2. The van der Waals surface area contributed by atoms with Crippen molar-refractivity contribution in [3.05, 3.63) is 53.6 Å². The van der Waals surface area contributed by atoms with E-state index in [1.165, 1.54) is 6.07 Å². The van der Waals surface area contributed by atoms with Gasteiger partial charge in [0.05, 0.1) is 11.6 Å². The van der Waals surface area contributed by atoms with Crippen LogP contribution in [-0.2, 0) is 16.4 Å². The van der Waals surface area contributed by atoms with Gasteiger partial charge in [-0.25, -0.2) is 18.4 Å². The van der Waals surface area contributed by atoms with Crippen LogP contribution in [0.5, 0.6) is 11.5 Å². The molecule has 3 N–H and O–H groups in total. The lowest BCUT2D eigenvalue weighted by molar-refractivity contribution is 0.0696. The number of nitrogens with zero attached hydrogens (tertiary/aromatic N) is 1. The Morgan fingerprint density at radius 3 is 2.46 bits per heavy atom. The second-order valence-electron chi connectivity index (χ2n) is 4.89. The first-order valence-electron chi connectivity index (χ1n) is 6.86. The molecule has 7 nitrogen and oxygen atoms in total. The molecule has 0 saturated carbocycles. The average molecular weight is 346 g/mol. The summed E-state index contributed by atoms with van der Waals surface area (Å²) in [6.45, 7) is 0. The quantitative estimate of drug-likeness (QED) is 0.825. The third-order valence-corrected chi connectivity index (χ3v) is 4.07. The van der Waals surface area contributed by atoms with Gasteiger partial charge in [0.15, 0.2) is 5.75 Å². The number of aromatic carboxylic acids is 1. The van der Waals surface area contributed by atoms with Gasteiger partial charge in [-0.3, -0.25) is 0 Å². The summed E-state index contributed by atoms with van der Waals surface area (Å²) in [4.78, 5) is 10.8. The largest absolute Gasteiger partial charge is 0.478 e. The van der Waals surface area contributed by atoms with E-state index >= 15 is 0 Å². The summed E-state index contributed by atoms with van der Waals surface area (Å²) in [6.07, 6.45) is 0.195. The molecule has 0 heterocycles. The zero-order chi connectivity index (χ0) is 17.7. The van der Waals surface area contributed by atoms with E-state index in [1.807, 2.05) is 6.07 Å². The predicted octanol–water partition coefficient (Wildman–Crippen LogP) is 2.28. The van der Waals surface area contributed by atoms with Crippen LogP contribution in [0.25, 0.3) is 0 Å². The van der Waals surface area contributed by atoms with Crippen LogP contribution < -0.4 is 9.88 Å². The van der Waals surface area contributed by atoms with Gasteiger partial charge >= 0.3 is 5.97 Å². The van der Waals surface area contributed by atoms with Crippen molar-refractivity contribution in [1.82, 2.24) is 0 Å². The van der Waals surface area contributed by atoms with Crippen molar-refractivity contribution in [2.75, 3.05) is 0 Å². The van der Waals surface area contributed by atoms with Gasteiger partial charge in [-0.2, -0.15) is 5.26 Å². The number of carboxylic acids is 1. The topological polar surface area (TPSA) is 130 Å². The molecule has 0 aliphatic rings. The Morgan fingerprint density at radius 1 is 1.25 bits per heavy atom. The second-order valence-corrected chi connectivity index (χ2v) is 6.42. The molecular weight excluding hydrogens is 332 g/mol. The first-order chi connectivity index (χ1) is 11.3. The Balaban J connectivity index is 2.67. The van der Waals surface area contributed by atoms with Crippen molar-refractivity contribution >= 4 is 16.0 Å². The number of nitrogens with two attached hydrogens (primary N) is 1. The van der Waals surface area contributed by atoms with Gasteiger partial charge in [-0.15, -0.1) is 0 Å². The number of para-hydroxylation sites is 1.